The number of hydrogen-bond acceptors (Lipinski definition) is 6. The molecule has 1 atom stereocenters. The third kappa shape index (κ3) is 3.24. The van der Waals surface area contributed by atoms with Gasteiger partial charge in [-0.25, -0.2) is 4.98 Å². The topological polar surface area (TPSA) is 109 Å². The molecule has 1 aliphatic heterocycles. The van der Waals surface area contributed by atoms with Gasteiger partial charge in [0.15, 0.2) is 5.92 Å². The molecule has 8 nitrogen and oxygen atoms in total. The molecule has 0 fully saturated rings. The van der Waals surface area contributed by atoms with E-state index in [0.717, 1.165) is 5.56 Å². The molecule has 2 aromatic rings. The number of hydroxylamine groups is 2. The molecule has 1 aromatic heterocycles. The predicted molar refractivity (Wildman–Crippen MR) is 89.8 cm³/mol. The molecule has 1 aromatic carbocycles. The normalized spacial score (nSPS) is 16.3. The van der Waals surface area contributed by atoms with Crippen LogP contribution in [0.15, 0.2) is 36.4 Å². The van der Waals surface area contributed by atoms with E-state index in [2.05, 4.69) is 10.3 Å². The van der Waals surface area contributed by atoms with E-state index in [1.807, 2.05) is 0 Å². The smallest absolute Gasteiger partial charge is 0.286 e. The highest BCUT2D eigenvalue weighted by Gasteiger charge is 2.44. The van der Waals surface area contributed by atoms with Gasteiger partial charge in [-0.3, -0.25) is 19.6 Å². The predicted octanol–water partition coefficient (Wildman–Crippen LogP) is 1.52. The molecular weight excluding hydrogens is 362 g/mol. The Kier molecular flexibility index (Phi) is 4.88. The van der Waals surface area contributed by atoms with Crippen LogP contribution in [0.4, 0.5) is 0 Å². The number of amides is 3. The number of nitrogens with one attached hydrogen (secondary N) is 1. The lowest BCUT2D eigenvalue weighted by molar-refractivity contribution is -0.159. The monoisotopic (exact) mass is 375 g/mol. The van der Waals surface area contributed by atoms with Crippen molar-refractivity contribution in [3.63, 3.8) is 0 Å². The first kappa shape index (κ1) is 17.8. The lowest BCUT2D eigenvalue weighted by atomic mass is 9.93. The number of carbonyl (C=O) groups is 3. The van der Waals surface area contributed by atoms with Crippen LogP contribution in [0.5, 0.6) is 5.88 Å². The number of fused-ring (bicyclic) bond motifs is 1. The molecule has 0 aliphatic carbocycles. The van der Waals surface area contributed by atoms with Crippen LogP contribution >= 0.6 is 11.6 Å². The Labute approximate surface area is 153 Å². The molecule has 2 heterocycles. The molecular formula is C17H14ClN3O5. The number of rotatable bonds is 4. The average molecular weight is 376 g/mol. The van der Waals surface area contributed by atoms with Crippen molar-refractivity contribution in [1.82, 2.24) is 15.4 Å². The summed E-state index contributed by atoms with van der Waals surface area (Å²) in [5.74, 6) is -4.03. The summed E-state index contributed by atoms with van der Waals surface area (Å²) in [6.45, 7) is 0.137. The van der Waals surface area contributed by atoms with Crippen molar-refractivity contribution in [2.75, 3.05) is 7.11 Å². The largest absolute Gasteiger partial charge is 0.481 e. The third-order valence-corrected chi connectivity index (χ3v) is 4.15. The Hall–Kier alpha value is -2.97. The Morgan fingerprint density at radius 2 is 1.96 bits per heavy atom. The molecule has 0 spiro atoms. The van der Waals surface area contributed by atoms with E-state index in [-0.39, 0.29) is 28.7 Å². The van der Waals surface area contributed by atoms with Crippen LogP contribution in [-0.2, 0) is 16.1 Å². The summed E-state index contributed by atoms with van der Waals surface area (Å²) >= 11 is 5.81. The van der Waals surface area contributed by atoms with E-state index in [9.17, 15) is 19.6 Å². The van der Waals surface area contributed by atoms with Gasteiger partial charge in [0.2, 0.25) is 11.8 Å². The van der Waals surface area contributed by atoms with Crippen LogP contribution < -0.4 is 10.1 Å². The fourth-order valence-corrected chi connectivity index (χ4v) is 2.68. The van der Waals surface area contributed by atoms with Crippen molar-refractivity contribution in [2.24, 2.45) is 0 Å². The minimum absolute atomic E-state index is 0.0421. The van der Waals surface area contributed by atoms with Crippen LogP contribution in [0.3, 0.4) is 0 Å². The van der Waals surface area contributed by atoms with E-state index in [0.29, 0.717) is 5.02 Å². The molecule has 2 N–H and O–H groups in total. The molecule has 1 aliphatic rings. The molecule has 0 saturated carbocycles. The molecule has 1 unspecified atom stereocenters. The minimum Gasteiger partial charge on any atom is -0.481 e. The number of pyridine rings is 1. The highest BCUT2D eigenvalue weighted by atomic mass is 35.5. The number of ether oxygens (including phenoxy) is 1. The summed E-state index contributed by atoms with van der Waals surface area (Å²) in [4.78, 5) is 41.0. The van der Waals surface area contributed by atoms with E-state index in [4.69, 9.17) is 16.3 Å². The van der Waals surface area contributed by atoms with E-state index < -0.39 is 23.6 Å². The van der Waals surface area contributed by atoms with E-state index in [1.165, 1.54) is 19.2 Å². The maximum Gasteiger partial charge on any atom is 0.286 e. The molecule has 9 heteroatoms. The summed E-state index contributed by atoms with van der Waals surface area (Å²) < 4.78 is 4.99. The molecule has 3 amide bonds. The van der Waals surface area contributed by atoms with Crippen LogP contribution in [0.2, 0.25) is 5.02 Å². The second kappa shape index (κ2) is 7.11. The number of halogens is 1. The number of imide groups is 1. The van der Waals surface area contributed by atoms with Crippen molar-refractivity contribution < 1.29 is 24.3 Å². The van der Waals surface area contributed by atoms with Crippen molar-refractivity contribution in [3.8, 4) is 5.88 Å². The SMILES string of the molecule is COc1ccc2c(n1)C(C(=O)NCc1ccc(Cl)cc1)C(=O)N(O)C2=O. The van der Waals surface area contributed by atoms with Crippen molar-refractivity contribution in [3.05, 3.63) is 58.2 Å². The van der Waals surface area contributed by atoms with Crippen LogP contribution in [0, 0.1) is 0 Å². The Bertz CT molecular complexity index is 884. The molecule has 0 radical (unpaired) electrons. The first-order chi connectivity index (χ1) is 12.4. The molecule has 0 bridgehead atoms. The Balaban J connectivity index is 1.88. The number of carbonyl (C=O) groups excluding carboxylic acids is 3. The quantitative estimate of drug-likeness (QED) is 0.476. The second-order valence-electron chi connectivity index (χ2n) is 5.52. The van der Waals surface area contributed by atoms with E-state index in [1.54, 1.807) is 24.3 Å². The highest BCUT2D eigenvalue weighted by molar-refractivity contribution is 6.30. The zero-order valence-corrected chi connectivity index (χ0v) is 14.4. The number of nitrogens with zero attached hydrogens (tertiary/aromatic N) is 2. The van der Waals surface area contributed by atoms with Gasteiger partial charge in [0.1, 0.15) is 0 Å². The van der Waals surface area contributed by atoms with Crippen molar-refractivity contribution in [2.45, 2.75) is 12.5 Å². The zero-order chi connectivity index (χ0) is 18.8. The summed E-state index contributed by atoms with van der Waals surface area (Å²) in [7, 11) is 1.37. The number of benzene rings is 1. The second-order valence-corrected chi connectivity index (χ2v) is 5.96. The van der Waals surface area contributed by atoms with Gasteiger partial charge in [-0.2, -0.15) is 5.06 Å². The molecule has 134 valence electrons. The number of aromatic nitrogens is 1. The van der Waals surface area contributed by atoms with E-state index >= 15 is 0 Å². The highest BCUT2D eigenvalue weighted by Crippen LogP contribution is 2.29. The van der Waals surface area contributed by atoms with Gasteiger partial charge in [-0.15, -0.1) is 0 Å². The first-order valence-corrected chi connectivity index (χ1v) is 7.94. The van der Waals surface area contributed by atoms with Gasteiger partial charge >= 0.3 is 0 Å². The summed E-state index contributed by atoms with van der Waals surface area (Å²) in [6.07, 6.45) is 0. The van der Waals surface area contributed by atoms with Gasteiger partial charge in [0.25, 0.3) is 11.8 Å². The summed E-state index contributed by atoms with van der Waals surface area (Å²) in [5.41, 5.74) is 0.666. The fraction of sp³-hybridized carbons (Fsp3) is 0.176. The molecule has 0 saturated heterocycles. The zero-order valence-electron chi connectivity index (χ0n) is 13.6. The molecule has 3 rings (SSSR count). The Morgan fingerprint density at radius 3 is 2.62 bits per heavy atom. The third-order valence-electron chi connectivity index (χ3n) is 3.90. The van der Waals surface area contributed by atoms with Gasteiger partial charge < -0.3 is 10.1 Å². The minimum atomic E-state index is -1.46. The number of methoxy groups -OCH3 is 1. The first-order valence-electron chi connectivity index (χ1n) is 7.56. The van der Waals surface area contributed by atoms with Crippen LogP contribution in [0.1, 0.15) is 27.5 Å². The lowest BCUT2D eigenvalue weighted by Gasteiger charge is -2.27. The van der Waals surface area contributed by atoms with Crippen LogP contribution in [0.25, 0.3) is 0 Å². The standard InChI is InChI=1S/C17H14ClN3O5/c1-26-12-7-6-11-14(20-12)13(17(24)21(25)16(11)23)15(22)19-8-9-2-4-10(18)5-3-9/h2-7,13,25H,8H2,1H3,(H,19,22). The van der Waals surface area contributed by atoms with Crippen LogP contribution in [-0.4, -0.2) is 40.1 Å². The fourth-order valence-electron chi connectivity index (χ4n) is 2.55. The molecule has 26 heavy (non-hydrogen) atoms. The lowest BCUT2D eigenvalue weighted by Crippen LogP contribution is -2.48. The average Bonchev–Trinajstić information content (AvgIpc) is 2.65. The Morgan fingerprint density at radius 1 is 1.27 bits per heavy atom. The summed E-state index contributed by atoms with van der Waals surface area (Å²) in [6, 6.07) is 9.54. The maximum atomic E-state index is 12.6. The number of hydrogen-bond donors (Lipinski definition) is 2. The summed E-state index contributed by atoms with van der Waals surface area (Å²) in [5, 5.41) is 12.8. The van der Waals surface area contributed by atoms with Gasteiger partial charge in [-0.05, 0) is 23.8 Å². The maximum absolute atomic E-state index is 12.6. The van der Waals surface area contributed by atoms with Gasteiger partial charge in [0.05, 0.1) is 18.4 Å². The van der Waals surface area contributed by atoms with Gasteiger partial charge in [0, 0.05) is 17.6 Å². The van der Waals surface area contributed by atoms with Crippen molar-refractivity contribution in [1.29, 1.82) is 0 Å². The van der Waals surface area contributed by atoms with Gasteiger partial charge in [-0.1, -0.05) is 23.7 Å². The van der Waals surface area contributed by atoms with Crippen molar-refractivity contribution >= 4 is 29.3 Å².